The van der Waals surface area contributed by atoms with Gasteiger partial charge < -0.3 is 10.6 Å². The molecule has 1 aromatic carbocycles. The molecule has 3 rings (SSSR count). The van der Waals surface area contributed by atoms with Crippen LogP contribution < -0.4 is 5.73 Å². The molecule has 122 valence electrons. The zero-order chi connectivity index (χ0) is 16.2. The summed E-state index contributed by atoms with van der Waals surface area (Å²) in [6.07, 6.45) is 2.52. The number of carbonyl (C=O) groups excluding carboxylic acids is 1. The van der Waals surface area contributed by atoms with E-state index in [0.29, 0.717) is 12.3 Å². The van der Waals surface area contributed by atoms with Crippen LogP contribution in [0.4, 0.5) is 0 Å². The Morgan fingerprint density at radius 3 is 2.91 bits per heavy atom. The lowest BCUT2D eigenvalue weighted by Gasteiger charge is -2.32. The molecule has 2 N–H and O–H groups in total. The van der Waals surface area contributed by atoms with Crippen molar-refractivity contribution in [3.63, 3.8) is 0 Å². The number of hydrogen-bond donors (Lipinski definition) is 1. The maximum absolute atomic E-state index is 12.6. The maximum atomic E-state index is 12.6. The van der Waals surface area contributed by atoms with Gasteiger partial charge in [0.15, 0.2) is 0 Å². The first kappa shape index (κ1) is 16.1. The van der Waals surface area contributed by atoms with E-state index in [0.717, 1.165) is 42.2 Å². The highest BCUT2D eigenvalue weighted by atomic mass is 32.1. The highest BCUT2D eigenvalue weighted by Gasteiger charge is 2.27. The van der Waals surface area contributed by atoms with Crippen molar-refractivity contribution in [3.8, 4) is 0 Å². The number of amides is 1. The van der Waals surface area contributed by atoms with Gasteiger partial charge in [-0.15, -0.1) is 11.3 Å². The van der Waals surface area contributed by atoms with Crippen molar-refractivity contribution in [2.45, 2.75) is 38.1 Å². The van der Waals surface area contributed by atoms with Gasteiger partial charge in [-0.05, 0) is 25.3 Å². The van der Waals surface area contributed by atoms with E-state index >= 15 is 0 Å². The number of likely N-dealkylation sites (tertiary alicyclic amines) is 1. The third kappa shape index (κ3) is 3.98. The Bertz CT molecular complexity index is 655. The number of nitrogens with zero attached hydrogens (tertiary/aromatic N) is 2. The first-order valence-electron chi connectivity index (χ1n) is 8.14. The molecule has 0 spiro atoms. The fourth-order valence-corrected chi connectivity index (χ4v) is 4.03. The zero-order valence-electron chi connectivity index (χ0n) is 13.4. The topological polar surface area (TPSA) is 59.2 Å². The fourth-order valence-electron chi connectivity index (χ4n) is 3.10. The molecular formula is C18H23N3OS. The minimum Gasteiger partial charge on any atom is -0.342 e. The standard InChI is InChI=1S/C18H23N3OS/c1-13-12-23-18(20-13)15-8-5-9-21(11-15)17(22)10-16(19)14-6-3-2-4-7-14/h2-4,6-7,12,15-16H,5,8-11,19H2,1H3. The first-order valence-corrected chi connectivity index (χ1v) is 9.02. The number of aromatic nitrogens is 1. The molecule has 1 saturated heterocycles. The van der Waals surface area contributed by atoms with Crippen molar-refractivity contribution in [2.75, 3.05) is 13.1 Å². The minimum atomic E-state index is -0.230. The SMILES string of the molecule is Cc1csc(C2CCCN(C(=O)CC(N)c3ccccc3)C2)n1. The third-order valence-corrected chi connectivity index (χ3v) is 5.51. The molecule has 1 aromatic heterocycles. The lowest BCUT2D eigenvalue weighted by molar-refractivity contribution is -0.132. The van der Waals surface area contributed by atoms with Crippen LogP contribution in [0.25, 0.3) is 0 Å². The molecule has 0 aliphatic carbocycles. The molecule has 0 radical (unpaired) electrons. The predicted molar refractivity (Wildman–Crippen MR) is 93.4 cm³/mol. The molecule has 5 heteroatoms. The number of hydrogen-bond acceptors (Lipinski definition) is 4. The Morgan fingerprint density at radius 2 is 2.22 bits per heavy atom. The number of nitrogens with two attached hydrogens (primary N) is 1. The van der Waals surface area contributed by atoms with Gasteiger partial charge in [0.1, 0.15) is 0 Å². The fraction of sp³-hybridized carbons (Fsp3) is 0.444. The molecule has 1 amide bonds. The average molecular weight is 329 g/mol. The van der Waals surface area contributed by atoms with Crippen molar-refractivity contribution in [2.24, 2.45) is 5.73 Å². The number of piperidine rings is 1. The highest BCUT2D eigenvalue weighted by Crippen LogP contribution is 2.30. The molecule has 0 bridgehead atoms. The van der Waals surface area contributed by atoms with Crippen LogP contribution >= 0.6 is 11.3 Å². The number of aryl methyl sites for hydroxylation is 1. The van der Waals surface area contributed by atoms with Crippen LogP contribution in [0.15, 0.2) is 35.7 Å². The summed E-state index contributed by atoms with van der Waals surface area (Å²) in [4.78, 5) is 19.2. The molecule has 2 atom stereocenters. The molecule has 23 heavy (non-hydrogen) atoms. The minimum absolute atomic E-state index is 0.152. The van der Waals surface area contributed by atoms with E-state index in [1.807, 2.05) is 42.2 Å². The zero-order valence-corrected chi connectivity index (χ0v) is 14.3. The Labute approximate surface area is 141 Å². The Balaban J connectivity index is 1.61. The number of thiazole rings is 1. The second-order valence-corrected chi connectivity index (χ2v) is 7.12. The summed E-state index contributed by atoms with van der Waals surface area (Å²) >= 11 is 1.71. The van der Waals surface area contributed by atoms with E-state index in [9.17, 15) is 4.79 Å². The van der Waals surface area contributed by atoms with E-state index in [1.54, 1.807) is 11.3 Å². The third-order valence-electron chi connectivity index (χ3n) is 4.38. The molecule has 2 unspecified atom stereocenters. The van der Waals surface area contributed by atoms with Gasteiger partial charge in [0.25, 0.3) is 0 Å². The molecule has 2 aromatic rings. The van der Waals surface area contributed by atoms with Crippen molar-refractivity contribution >= 4 is 17.2 Å². The van der Waals surface area contributed by atoms with Gasteiger partial charge >= 0.3 is 0 Å². The normalized spacial score (nSPS) is 19.6. The van der Waals surface area contributed by atoms with Crippen LogP contribution in [-0.4, -0.2) is 28.9 Å². The number of rotatable bonds is 4. The van der Waals surface area contributed by atoms with Gasteiger partial charge in [-0.1, -0.05) is 30.3 Å². The maximum Gasteiger partial charge on any atom is 0.224 e. The van der Waals surface area contributed by atoms with Crippen LogP contribution in [-0.2, 0) is 4.79 Å². The summed E-state index contributed by atoms with van der Waals surface area (Å²) < 4.78 is 0. The largest absolute Gasteiger partial charge is 0.342 e. The van der Waals surface area contributed by atoms with Crippen molar-refractivity contribution in [1.82, 2.24) is 9.88 Å². The monoisotopic (exact) mass is 329 g/mol. The van der Waals surface area contributed by atoms with Crippen molar-refractivity contribution in [1.29, 1.82) is 0 Å². The highest BCUT2D eigenvalue weighted by molar-refractivity contribution is 7.09. The number of carbonyl (C=O) groups is 1. The van der Waals surface area contributed by atoms with Gasteiger partial charge in [-0.2, -0.15) is 0 Å². The molecule has 1 fully saturated rings. The first-order chi connectivity index (χ1) is 11.1. The molecule has 1 aliphatic heterocycles. The van der Waals surface area contributed by atoms with E-state index in [1.165, 1.54) is 0 Å². The van der Waals surface area contributed by atoms with Crippen molar-refractivity contribution < 1.29 is 4.79 Å². The van der Waals surface area contributed by atoms with Crippen LogP contribution in [0.2, 0.25) is 0 Å². The molecule has 4 nitrogen and oxygen atoms in total. The van der Waals surface area contributed by atoms with Crippen LogP contribution in [0.5, 0.6) is 0 Å². The van der Waals surface area contributed by atoms with Crippen LogP contribution in [0.1, 0.15) is 47.5 Å². The summed E-state index contributed by atoms with van der Waals surface area (Å²) in [5, 5.41) is 3.24. The van der Waals surface area contributed by atoms with E-state index in [2.05, 4.69) is 10.4 Å². The number of benzene rings is 1. The summed E-state index contributed by atoms with van der Waals surface area (Å²) in [5.41, 5.74) is 8.28. The van der Waals surface area contributed by atoms with Crippen LogP contribution in [0, 0.1) is 6.92 Å². The quantitative estimate of drug-likeness (QED) is 0.937. The predicted octanol–water partition coefficient (Wildman–Crippen LogP) is 3.25. The van der Waals surface area contributed by atoms with Gasteiger partial charge in [0.05, 0.1) is 5.01 Å². The lowest BCUT2D eigenvalue weighted by atomic mass is 9.97. The van der Waals surface area contributed by atoms with Crippen molar-refractivity contribution in [3.05, 3.63) is 52.0 Å². The van der Waals surface area contributed by atoms with Crippen LogP contribution in [0.3, 0.4) is 0 Å². The van der Waals surface area contributed by atoms with E-state index in [-0.39, 0.29) is 11.9 Å². The lowest BCUT2D eigenvalue weighted by Crippen LogP contribution is -2.40. The molecule has 0 saturated carbocycles. The summed E-state index contributed by atoms with van der Waals surface area (Å²) in [5.74, 6) is 0.527. The van der Waals surface area contributed by atoms with E-state index in [4.69, 9.17) is 5.73 Å². The average Bonchev–Trinajstić information content (AvgIpc) is 3.02. The summed E-state index contributed by atoms with van der Waals surface area (Å²) in [6, 6.07) is 9.61. The Kier molecular flexibility index (Phi) is 5.08. The summed E-state index contributed by atoms with van der Waals surface area (Å²) in [7, 11) is 0. The molecular weight excluding hydrogens is 306 g/mol. The van der Waals surface area contributed by atoms with Gasteiger partial charge in [0, 0.05) is 42.5 Å². The van der Waals surface area contributed by atoms with Gasteiger partial charge in [-0.3, -0.25) is 4.79 Å². The second kappa shape index (κ2) is 7.23. The molecule has 1 aliphatic rings. The second-order valence-electron chi connectivity index (χ2n) is 6.23. The Morgan fingerprint density at radius 1 is 1.43 bits per heavy atom. The smallest absolute Gasteiger partial charge is 0.224 e. The Hall–Kier alpha value is -1.72. The van der Waals surface area contributed by atoms with E-state index < -0.39 is 0 Å². The summed E-state index contributed by atoms with van der Waals surface area (Å²) in [6.45, 7) is 3.62. The van der Waals surface area contributed by atoms with Gasteiger partial charge in [-0.25, -0.2) is 4.98 Å². The van der Waals surface area contributed by atoms with Gasteiger partial charge in [0.2, 0.25) is 5.91 Å². The molecule has 2 heterocycles.